The Kier molecular flexibility index (Phi) is 2.96. The fraction of sp³-hybridized carbons (Fsp3) is 0.900. The lowest BCUT2D eigenvalue weighted by atomic mass is 9.74. The summed E-state index contributed by atoms with van der Waals surface area (Å²) in [5, 5.41) is 12.2. The van der Waals surface area contributed by atoms with Gasteiger partial charge >= 0.3 is 5.97 Å². The van der Waals surface area contributed by atoms with Crippen molar-refractivity contribution < 1.29 is 9.90 Å². The van der Waals surface area contributed by atoms with Gasteiger partial charge in [0.15, 0.2) is 0 Å². The van der Waals surface area contributed by atoms with Crippen molar-refractivity contribution in [2.75, 3.05) is 13.1 Å². The fourth-order valence-corrected chi connectivity index (χ4v) is 2.40. The van der Waals surface area contributed by atoms with Gasteiger partial charge in [-0.15, -0.1) is 0 Å². The van der Waals surface area contributed by atoms with Crippen LogP contribution in [-0.4, -0.2) is 24.2 Å². The van der Waals surface area contributed by atoms with Crippen LogP contribution in [0.4, 0.5) is 0 Å². The lowest BCUT2D eigenvalue weighted by Crippen LogP contribution is -2.33. The number of aliphatic carboxylic acids is 1. The van der Waals surface area contributed by atoms with Crippen molar-refractivity contribution in [1.82, 2.24) is 5.32 Å². The molecule has 0 aromatic rings. The van der Waals surface area contributed by atoms with E-state index in [1.54, 1.807) is 0 Å². The standard InChI is InChI=1S/C10H19NO2/c1-7(2)4-10(3)6-11-5-8(10)9(12)13/h7-8,11H,4-6H2,1-3H3,(H,12,13). The lowest BCUT2D eigenvalue weighted by Gasteiger charge is -2.29. The van der Waals surface area contributed by atoms with Crippen LogP contribution in [0.1, 0.15) is 27.2 Å². The molecule has 76 valence electrons. The topological polar surface area (TPSA) is 49.3 Å². The number of carboxylic acids is 1. The number of carbonyl (C=O) groups is 1. The van der Waals surface area contributed by atoms with Crippen LogP contribution in [0.2, 0.25) is 0 Å². The van der Waals surface area contributed by atoms with E-state index in [0.717, 1.165) is 13.0 Å². The fourth-order valence-electron chi connectivity index (χ4n) is 2.40. The average Bonchev–Trinajstić information content (AvgIpc) is 2.28. The van der Waals surface area contributed by atoms with Crippen LogP contribution < -0.4 is 5.32 Å². The van der Waals surface area contributed by atoms with Crippen molar-refractivity contribution in [3.05, 3.63) is 0 Å². The molecular formula is C10H19NO2. The molecule has 0 aromatic heterocycles. The maximum absolute atomic E-state index is 11.0. The summed E-state index contributed by atoms with van der Waals surface area (Å²) in [5.74, 6) is -0.310. The zero-order valence-electron chi connectivity index (χ0n) is 8.63. The molecule has 1 heterocycles. The second kappa shape index (κ2) is 3.66. The molecule has 1 saturated heterocycles. The van der Waals surface area contributed by atoms with E-state index in [1.807, 2.05) is 0 Å². The SMILES string of the molecule is CC(C)CC1(C)CNCC1C(=O)O. The Morgan fingerprint density at radius 1 is 1.69 bits per heavy atom. The average molecular weight is 185 g/mol. The molecular weight excluding hydrogens is 166 g/mol. The highest BCUT2D eigenvalue weighted by atomic mass is 16.4. The first-order chi connectivity index (χ1) is 5.96. The Balaban J connectivity index is 2.69. The summed E-state index contributed by atoms with van der Waals surface area (Å²) in [6.45, 7) is 7.82. The van der Waals surface area contributed by atoms with Crippen molar-refractivity contribution in [2.24, 2.45) is 17.3 Å². The van der Waals surface area contributed by atoms with E-state index in [2.05, 4.69) is 26.1 Å². The lowest BCUT2D eigenvalue weighted by molar-refractivity contribution is -0.144. The minimum absolute atomic E-state index is 0.0556. The number of rotatable bonds is 3. The molecule has 1 aliphatic heterocycles. The highest BCUT2D eigenvalue weighted by molar-refractivity contribution is 5.71. The van der Waals surface area contributed by atoms with Crippen molar-refractivity contribution in [3.8, 4) is 0 Å². The van der Waals surface area contributed by atoms with Crippen LogP contribution in [0.25, 0.3) is 0 Å². The van der Waals surface area contributed by atoms with Crippen molar-refractivity contribution in [3.63, 3.8) is 0 Å². The molecule has 0 bridgehead atoms. The van der Waals surface area contributed by atoms with E-state index in [-0.39, 0.29) is 11.3 Å². The van der Waals surface area contributed by atoms with Crippen LogP contribution in [0.3, 0.4) is 0 Å². The molecule has 0 saturated carbocycles. The Hall–Kier alpha value is -0.570. The highest BCUT2D eigenvalue weighted by Gasteiger charge is 2.43. The minimum atomic E-state index is -0.659. The van der Waals surface area contributed by atoms with Crippen LogP contribution >= 0.6 is 0 Å². The molecule has 3 nitrogen and oxygen atoms in total. The van der Waals surface area contributed by atoms with Crippen LogP contribution in [0.15, 0.2) is 0 Å². The summed E-state index contributed by atoms with van der Waals surface area (Å²) in [6, 6.07) is 0. The molecule has 0 radical (unpaired) electrons. The van der Waals surface area contributed by atoms with E-state index in [1.165, 1.54) is 0 Å². The third-order valence-corrected chi connectivity index (χ3v) is 2.89. The predicted octanol–water partition coefficient (Wildman–Crippen LogP) is 1.34. The van der Waals surface area contributed by atoms with Gasteiger partial charge in [-0.05, 0) is 17.8 Å². The summed E-state index contributed by atoms with van der Waals surface area (Å²) < 4.78 is 0. The van der Waals surface area contributed by atoms with Gasteiger partial charge in [-0.25, -0.2) is 0 Å². The smallest absolute Gasteiger partial charge is 0.308 e. The highest BCUT2D eigenvalue weighted by Crippen LogP contribution is 2.37. The monoisotopic (exact) mass is 185 g/mol. The van der Waals surface area contributed by atoms with E-state index in [9.17, 15) is 4.79 Å². The van der Waals surface area contributed by atoms with Gasteiger partial charge in [-0.2, -0.15) is 0 Å². The zero-order chi connectivity index (χ0) is 10.1. The minimum Gasteiger partial charge on any atom is -0.481 e. The second-order valence-corrected chi connectivity index (χ2v) is 4.77. The Labute approximate surface area is 79.5 Å². The molecule has 13 heavy (non-hydrogen) atoms. The largest absolute Gasteiger partial charge is 0.481 e. The molecule has 2 atom stereocenters. The first kappa shape index (κ1) is 10.5. The molecule has 0 amide bonds. The van der Waals surface area contributed by atoms with E-state index >= 15 is 0 Å². The summed E-state index contributed by atoms with van der Waals surface area (Å²) in [5.41, 5.74) is -0.0556. The molecule has 1 aliphatic rings. The van der Waals surface area contributed by atoms with Gasteiger partial charge in [0.25, 0.3) is 0 Å². The van der Waals surface area contributed by atoms with Crippen molar-refractivity contribution in [1.29, 1.82) is 0 Å². The maximum Gasteiger partial charge on any atom is 0.308 e. The molecule has 2 unspecified atom stereocenters. The van der Waals surface area contributed by atoms with Crippen LogP contribution in [-0.2, 0) is 4.79 Å². The molecule has 0 spiro atoms. The molecule has 0 aliphatic carbocycles. The number of hydrogen-bond acceptors (Lipinski definition) is 2. The Morgan fingerprint density at radius 2 is 2.31 bits per heavy atom. The first-order valence-corrected chi connectivity index (χ1v) is 4.89. The predicted molar refractivity (Wildman–Crippen MR) is 51.6 cm³/mol. The molecule has 3 heteroatoms. The summed E-state index contributed by atoms with van der Waals surface area (Å²) in [4.78, 5) is 11.0. The number of hydrogen-bond donors (Lipinski definition) is 2. The first-order valence-electron chi connectivity index (χ1n) is 4.89. The van der Waals surface area contributed by atoms with Gasteiger partial charge < -0.3 is 10.4 Å². The van der Waals surface area contributed by atoms with Gasteiger partial charge in [0.2, 0.25) is 0 Å². The molecule has 1 rings (SSSR count). The molecule has 2 N–H and O–H groups in total. The van der Waals surface area contributed by atoms with Gasteiger partial charge in [-0.1, -0.05) is 20.8 Å². The Bertz CT molecular complexity index is 203. The van der Waals surface area contributed by atoms with E-state index in [4.69, 9.17) is 5.11 Å². The number of carboxylic acid groups (broad SMARTS) is 1. The quantitative estimate of drug-likeness (QED) is 0.697. The van der Waals surface area contributed by atoms with Gasteiger partial charge in [-0.3, -0.25) is 4.79 Å². The third-order valence-electron chi connectivity index (χ3n) is 2.89. The Morgan fingerprint density at radius 3 is 2.77 bits per heavy atom. The third kappa shape index (κ3) is 2.21. The van der Waals surface area contributed by atoms with E-state index < -0.39 is 5.97 Å². The molecule has 0 aromatic carbocycles. The van der Waals surface area contributed by atoms with Crippen LogP contribution in [0.5, 0.6) is 0 Å². The van der Waals surface area contributed by atoms with Gasteiger partial charge in [0, 0.05) is 13.1 Å². The number of nitrogens with one attached hydrogen (secondary N) is 1. The van der Waals surface area contributed by atoms with Crippen LogP contribution in [0, 0.1) is 17.3 Å². The van der Waals surface area contributed by atoms with E-state index in [0.29, 0.717) is 12.5 Å². The van der Waals surface area contributed by atoms with Crippen molar-refractivity contribution >= 4 is 5.97 Å². The second-order valence-electron chi connectivity index (χ2n) is 4.77. The maximum atomic E-state index is 11.0. The molecule has 1 fully saturated rings. The summed E-state index contributed by atoms with van der Waals surface area (Å²) in [6.07, 6.45) is 0.983. The summed E-state index contributed by atoms with van der Waals surface area (Å²) >= 11 is 0. The van der Waals surface area contributed by atoms with Gasteiger partial charge in [0.05, 0.1) is 5.92 Å². The normalized spacial score (nSPS) is 34.0. The summed E-state index contributed by atoms with van der Waals surface area (Å²) in [7, 11) is 0. The van der Waals surface area contributed by atoms with Gasteiger partial charge in [0.1, 0.15) is 0 Å². The zero-order valence-corrected chi connectivity index (χ0v) is 8.63. The van der Waals surface area contributed by atoms with Crippen molar-refractivity contribution in [2.45, 2.75) is 27.2 Å².